The van der Waals surface area contributed by atoms with Gasteiger partial charge in [-0.3, -0.25) is 0 Å². The standard InChI is InChI=1S/C31H41N2O2.2ClH/c1-24-8-14-27(15-9-24)30-22-33(23-31(30)32,20-4-6-25-10-16-28(34-2)17-11-25)21-5-7-26-12-18-29(35-3)19-13-26;;/h8-19,30-31H,4-7,20-23,32H2,1-3H3;2*1H/q+1;;/p-1/t30-,31?;;/m0../s1. The number of hydrogen-bond acceptors (Lipinski definition) is 3. The first-order chi connectivity index (χ1) is 17.0. The number of rotatable bonds is 11. The van der Waals surface area contributed by atoms with Gasteiger partial charge in [0.2, 0.25) is 0 Å². The smallest absolute Gasteiger partial charge is 0.118 e. The van der Waals surface area contributed by atoms with E-state index < -0.39 is 0 Å². The van der Waals surface area contributed by atoms with Gasteiger partial charge in [-0.25, -0.2) is 0 Å². The third kappa shape index (κ3) is 8.38. The average Bonchev–Trinajstić information content (AvgIpc) is 3.21. The van der Waals surface area contributed by atoms with Gasteiger partial charge in [0.05, 0.1) is 52.4 Å². The summed E-state index contributed by atoms with van der Waals surface area (Å²) in [6, 6.07) is 26.3. The van der Waals surface area contributed by atoms with Crippen LogP contribution in [0.3, 0.4) is 0 Å². The predicted octanol–water partition coefficient (Wildman–Crippen LogP) is 2.94. The van der Waals surface area contributed by atoms with Gasteiger partial charge in [-0.2, -0.15) is 0 Å². The first-order valence-electron chi connectivity index (χ1n) is 12.9. The molecule has 0 amide bonds. The topological polar surface area (TPSA) is 44.5 Å². The van der Waals surface area contributed by atoms with Gasteiger partial charge in [0.15, 0.2) is 0 Å². The second-order valence-electron chi connectivity index (χ2n) is 10.2. The van der Waals surface area contributed by atoms with Crippen LogP contribution in [0.5, 0.6) is 11.5 Å². The van der Waals surface area contributed by atoms with E-state index >= 15 is 0 Å². The van der Waals surface area contributed by atoms with Crippen LogP contribution in [0.15, 0.2) is 72.8 Å². The molecule has 1 saturated heterocycles. The number of methoxy groups -OCH3 is 2. The Balaban J connectivity index is 0.00000241. The zero-order valence-corrected chi connectivity index (χ0v) is 23.9. The van der Waals surface area contributed by atoms with Gasteiger partial charge in [-0.15, -0.1) is 12.4 Å². The summed E-state index contributed by atoms with van der Waals surface area (Å²) in [6.45, 7) is 6.69. The van der Waals surface area contributed by atoms with Crippen molar-refractivity contribution in [1.82, 2.24) is 0 Å². The molecule has 0 bridgehead atoms. The molecular weight excluding hydrogens is 503 g/mol. The maximum atomic E-state index is 6.81. The molecule has 202 valence electrons. The lowest BCUT2D eigenvalue weighted by Crippen LogP contribution is -3.00. The Morgan fingerprint density at radius 2 is 1.19 bits per heavy atom. The summed E-state index contributed by atoms with van der Waals surface area (Å²) in [6.07, 6.45) is 4.52. The number of benzene rings is 3. The molecule has 0 saturated carbocycles. The average molecular weight is 546 g/mol. The Morgan fingerprint density at radius 3 is 1.62 bits per heavy atom. The minimum absolute atomic E-state index is 0. The van der Waals surface area contributed by atoms with Crippen molar-refractivity contribution < 1.29 is 26.4 Å². The van der Waals surface area contributed by atoms with Crippen LogP contribution in [0.2, 0.25) is 0 Å². The first-order valence-corrected chi connectivity index (χ1v) is 12.9. The normalized spacial score (nSPS) is 17.9. The quantitative estimate of drug-likeness (QED) is 0.377. The van der Waals surface area contributed by atoms with Gasteiger partial charge in [-0.1, -0.05) is 54.1 Å². The van der Waals surface area contributed by atoms with Crippen LogP contribution in [-0.2, 0) is 12.8 Å². The molecule has 1 aliphatic heterocycles. The van der Waals surface area contributed by atoms with Gasteiger partial charge in [0, 0.05) is 12.8 Å². The van der Waals surface area contributed by atoms with Crippen LogP contribution in [0.25, 0.3) is 0 Å². The molecule has 2 N–H and O–H groups in total. The minimum atomic E-state index is 0. The summed E-state index contributed by atoms with van der Waals surface area (Å²) in [5.41, 5.74) is 12.3. The Hall–Kier alpha value is -2.24. The zero-order chi connectivity index (χ0) is 24.7. The number of nitrogens with two attached hydrogens (primary N) is 1. The molecule has 0 aromatic heterocycles. The third-order valence-electron chi connectivity index (χ3n) is 7.72. The number of ether oxygens (including phenoxy) is 2. The van der Waals surface area contributed by atoms with E-state index in [1.807, 2.05) is 0 Å². The third-order valence-corrected chi connectivity index (χ3v) is 7.72. The monoisotopic (exact) mass is 544 g/mol. The molecule has 4 rings (SSSR count). The minimum Gasteiger partial charge on any atom is -1.00 e. The van der Waals surface area contributed by atoms with Gasteiger partial charge >= 0.3 is 0 Å². The van der Waals surface area contributed by atoms with E-state index in [1.54, 1.807) is 14.2 Å². The Morgan fingerprint density at radius 1 is 0.730 bits per heavy atom. The van der Waals surface area contributed by atoms with Gasteiger partial charge in [-0.05, 0) is 60.7 Å². The van der Waals surface area contributed by atoms with E-state index in [9.17, 15) is 0 Å². The fraction of sp³-hybridized carbons (Fsp3) is 0.419. The number of aryl methyl sites for hydroxylation is 3. The molecule has 37 heavy (non-hydrogen) atoms. The van der Waals surface area contributed by atoms with E-state index in [-0.39, 0.29) is 30.9 Å². The summed E-state index contributed by atoms with van der Waals surface area (Å²) in [4.78, 5) is 0. The first kappa shape index (κ1) is 31.0. The number of hydrogen-bond donors (Lipinski definition) is 1. The highest BCUT2D eigenvalue weighted by Gasteiger charge is 2.43. The van der Waals surface area contributed by atoms with Crippen molar-refractivity contribution in [2.75, 3.05) is 40.4 Å². The highest BCUT2D eigenvalue weighted by atomic mass is 35.5. The predicted molar refractivity (Wildman–Crippen MR) is 152 cm³/mol. The van der Waals surface area contributed by atoms with Crippen molar-refractivity contribution in [3.63, 3.8) is 0 Å². The van der Waals surface area contributed by atoms with Crippen molar-refractivity contribution in [1.29, 1.82) is 0 Å². The number of nitrogens with zero attached hydrogens (tertiary/aromatic N) is 1. The van der Waals surface area contributed by atoms with Gasteiger partial charge in [0.25, 0.3) is 0 Å². The van der Waals surface area contributed by atoms with Crippen LogP contribution in [-0.4, -0.2) is 50.9 Å². The van der Waals surface area contributed by atoms with Crippen molar-refractivity contribution in [3.05, 3.63) is 95.1 Å². The van der Waals surface area contributed by atoms with Crippen LogP contribution in [0.1, 0.15) is 41.0 Å². The van der Waals surface area contributed by atoms with Crippen LogP contribution < -0.4 is 27.6 Å². The summed E-state index contributed by atoms with van der Waals surface area (Å²) >= 11 is 0. The van der Waals surface area contributed by atoms with Crippen LogP contribution in [0, 0.1) is 6.92 Å². The van der Waals surface area contributed by atoms with E-state index in [1.165, 1.54) is 48.2 Å². The molecule has 0 spiro atoms. The summed E-state index contributed by atoms with van der Waals surface area (Å²) in [5.74, 6) is 2.27. The lowest BCUT2D eigenvalue weighted by atomic mass is 9.94. The second kappa shape index (κ2) is 14.6. The number of likely N-dealkylation sites (tertiary alicyclic amines) is 1. The molecule has 6 heteroatoms. The van der Waals surface area contributed by atoms with E-state index in [0.29, 0.717) is 5.92 Å². The van der Waals surface area contributed by atoms with Crippen molar-refractivity contribution in [2.45, 2.75) is 44.6 Å². The lowest BCUT2D eigenvalue weighted by molar-refractivity contribution is -0.918. The SMILES string of the molecule is COc1ccc(CCC[N+]2(CCCc3ccc(OC)cc3)CC(N)[C@H](c3ccc(C)cc3)C2)cc1.Cl.[Cl-]. The molecule has 3 aromatic rings. The van der Waals surface area contributed by atoms with E-state index in [4.69, 9.17) is 15.2 Å². The van der Waals surface area contributed by atoms with Crippen LogP contribution in [0.4, 0.5) is 0 Å². The molecule has 0 radical (unpaired) electrons. The lowest BCUT2D eigenvalue weighted by Gasteiger charge is -2.35. The maximum Gasteiger partial charge on any atom is 0.118 e. The molecule has 3 aromatic carbocycles. The molecule has 0 aliphatic carbocycles. The molecule has 1 fully saturated rings. The summed E-state index contributed by atoms with van der Waals surface area (Å²) in [5, 5.41) is 0. The fourth-order valence-corrected chi connectivity index (χ4v) is 5.67. The Labute approximate surface area is 235 Å². The number of quaternary nitrogens is 1. The van der Waals surface area contributed by atoms with Crippen molar-refractivity contribution >= 4 is 12.4 Å². The molecule has 1 unspecified atom stereocenters. The van der Waals surface area contributed by atoms with E-state index in [0.717, 1.165) is 41.9 Å². The zero-order valence-electron chi connectivity index (χ0n) is 22.4. The maximum absolute atomic E-state index is 6.81. The molecule has 1 heterocycles. The molecule has 1 aliphatic rings. The summed E-state index contributed by atoms with van der Waals surface area (Å²) in [7, 11) is 3.44. The highest BCUT2D eigenvalue weighted by molar-refractivity contribution is 5.85. The Bertz CT molecular complexity index is 1000. The second-order valence-corrected chi connectivity index (χ2v) is 10.2. The largest absolute Gasteiger partial charge is 1.00 e. The van der Waals surface area contributed by atoms with Gasteiger partial charge < -0.3 is 32.1 Å². The fourth-order valence-electron chi connectivity index (χ4n) is 5.67. The Kier molecular flexibility index (Phi) is 12.3. The van der Waals surface area contributed by atoms with Crippen LogP contribution >= 0.6 is 12.4 Å². The van der Waals surface area contributed by atoms with Crippen molar-refractivity contribution in [3.8, 4) is 11.5 Å². The molecular formula is C31H42Cl2N2O2. The van der Waals surface area contributed by atoms with Crippen molar-refractivity contribution in [2.24, 2.45) is 5.73 Å². The van der Waals surface area contributed by atoms with Gasteiger partial charge in [0.1, 0.15) is 11.5 Å². The highest BCUT2D eigenvalue weighted by Crippen LogP contribution is 2.33. The molecule has 2 atom stereocenters. The summed E-state index contributed by atoms with van der Waals surface area (Å²) < 4.78 is 11.7. The molecule has 4 nitrogen and oxygen atoms in total. The number of halogens is 2. The van der Waals surface area contributed by atoms with E-state index in [2.05, 4.69) is 79.7 Å².